The van der Waals surface area contributed by atoms with Gasteiger partial charge in [-0.25, -0.2) is 18.5 Å². The summed E-state index contributed by atoms with van der Waals surface area (Å²) >= 11 is 6.11. The number of urea groups is 1. The molecule has 0 fully saturated rings. The molecule has 1 aliphatic heterocycles. The van der Waals surface area contributed by atoms with E-state index in [1.165, 1.54) is 18.2 Å². The van der Waals surface area contributed by atoms with Crippen LogP contribution in [0.15, 0.2) is 66.7 Å². The summed E-state index contributed by atoms with van der Waals surface area (Å²) in [5.41, 5.74) is -2.95. The van der Waals surface area contributed by atoms with E-state index in [4.69, 9.17) is 11.6 Å². The molecule has 0 aromatic heterocycles. The quantitative estimate of drug-likeness (QED) is 0.567. The number of nitrogens with one attached hydrogen (secondary N) is 2. The van der Waals surface area contributed by atoms with Gasteiger partial charge in [-0.1, -0.05) is 54.1 Å². The lowest BCUT2D eigenvalue weighted by atomic mass is 9.94. The second kappa shape index (κ2) is 7.98. The van der Waals surface area contributed by atoms with Crippen molar-refractivity contribution in [2.45, 2.75) is 12.3 Å². The normalized spacial score (nSPS) is 17.7. The monoisotopic (exact) mass is 443 g/mol. The SMILES string of the molecule is O=C1Nc2ccccc2C(O)(C(=O)NCc2ccccc2Cl)N1c1c(F)cccc1F. The van der Waals surface area contributed by atoms with Gasteiger partial charge in [0.2, 0.25) is 0 Å². The number of aliphatic hydroxyl groups is 1. The number of anilines is 2. The van der Waals surface area contributed by atoms with E-state index in [9.17, 15) is 23.5 Å². The van der Waals surface area contributed by atoms with Gasteiger partial charge in [0.05, 0.1) is 5.69 Å². The van der Waals surface area contributed by atoms with Crippen LogP contribution in [0, 0.1) is 11.6 Å². The third-order valence-electron chi connectivity index (χ3n) is 4.95. The molecule has 0 saturated heterocycles. The molecule has 6 nitrogen and oxygen atoms in total. The van der Waals surface area contributed by atoms with Gasteiger partial charge in [-0.2, -0.15) is 0 Å². The van der Waals surface area contributed by atoms with Gasteiger partial charge in [0.25, 0.3) is 11.6 Å². The Bertz CT molecular complexity index is 1170. The molecule has 3 N–H and O–H groups in total. The van der Waals surface area contributed by atoms with E-state index in [1.807, 2.05) is 0 Å². The van der Waals surface area contributed by atoms with Crippen LogP contribution < -0.4 is 15.5 Å². The van der Waals surface area contributed by atoms with Crippen LogP contribution in [0.3, 0.4) is 0 Å². The standard InChI is InChI=1S/C22H16ClF2N3O3/c23-15-8-3-1-6-13(15)12-26-20(29)22(31)14-7-2-4-11-18(14)27-21(30)28(22)19-16(24)9-5-10-17(19)25/h1-11,31H,12H2,(H,26,29)(H,27,30). The highest BCUT2D eigenvalue weighted by Crippen LogP contribution is 2.41. The molecule has 1 heterocycles. The van der Waals surface area contributed by atoms with Gasteiger partial charge in [0.15, 0.2) is 0 Å². The first-order valence-corrected chi connectivity index (χ1v) is 9.60. The van der Waals surface area contributed by atoms with Crippen molar-refractivity contribution in [2.24, 2.45) is 0 Å². The first-order valence-electron chi connectivity index (χ1n) is 9.23. The van der Waals surface area contributed by atoms with Crippen molar-refractivity contribution in [2.75, 3.05) is 10.2 Å². The Morgan fingerprint density at radius 2 is 1.68 bits per heavy atom. The minimum atomic E-state index is -2.73. The maximum atomic E-state index is 14.6. The van der Waals surface area contributed by atoms with E-state index < -0.39 is 35.0 Å². The Kier molecular flexibility index (Phi) is 5.34. The van der Waals surface area contributed by atoms with Crippen LogP contribution in [0.1, 0.15) is 11.1 Å². The van der Waals surface area contributed by atoms with Crippen LogP contribution in [-0.2, 0) is 17.1 Å². The van der Waals surface area contributed by atoms with E-state index >= 15 is 0 Å². The van der Waals surface area contributed by atoms with Crippen LogP contribution in [0.2, 0.25) is 5.02 Å². The van der Waals surface area contributed by atoms with E-state index in [0.29, 0.717) is 15.5 Å². The van der Waals surface area contributed by atoms with Crippen molar-refractivity contribution >= 4 is 34.9 Å². The fourth-order valence-corrected chi connectivity index (χ4v) is 3.67. The molecule has 0 spiro atoms. The number of para-hydroxylation sites is 2. The Morgan fingerprint density at radius 3 is 2.39 bits per heavy atom. The lowest BCUT2D eigenvalue weighted by Gasteiger charge is -2.42. The summed E-state index contributed by atoms with van der Waals surface area (Å²) in [6.07, 6.45) is 0. The van der Waals surface area contributed by atoms with Gasteiger partial charge in [-0.05, 0) is 29.8 Å². The summed E-state index contributed by atoms with van der Waals surface area (Å²) in [7, 11) is 0. The molecule has 1 atom stereocenters. The Morgan fingerprint density at radius 1 is 1.03 bits per heavy atom. The molecule has 0 radical (unpaired) electrons. The highest BCUT2D eigenvalue weighted by atomic mass is 35.5. The van der Waals surface area contributed by atoms with Gasteiger partial charge >= 0.3 is 6.03 Å². The molecule has 31 heavy (non-hydrogen) atoms. The molecule has 0 aliphatic carbocycles. The van der Waals surface area contributed by atoms with Crippen molar-refractivity contribution in [3.05, 3.63) is 94.5 Å². The molecular formula is C22H16ClF2N3O3. The zero-order valence-corrected chi connectivity index (χ0v) is 16.7. The summed E-state index contributed by atoms with van der Waals surface area (Å²) in [6.45, 7) is -0.0851. The molecule has 4 rings (SSSR count). The van der Waals surface area contributed by atoms with Crippen LogP contribution >= 0.6 is 11.6 Å². The third-order valence-corrected chi connectivity index (χ3v) is 5.31. The van der Waals surface area contributed by atoms with Crippen LogP contribution in [0.4, 0.5) is 25.0 Å². The molecule has 3 aromatic carbocycles. The molecule has 158 valence electrons. The predicted octanol–water partition coefficient (Wildman–Crippen LogP) is 4.13. The van der Waals surface area contributed by atoms with Crippen molar-refractivity contribution in [1.82, 2.24) is 5.32 Å². The van der Waals surface area contributed by atoms with E-state index in [-0.39, 0.29) is 17.8 Å². The van der Waals surface area contributed by atoms with Crippen molar-refractivity contribution in [3.8, 4) is 0 Å². The van der Waals surface area contributed by atoms with Gasteiger partial charge in [0.1, 0.15) is 17.3 Å². The molecular weight excluding hydrogens is 428 g/mol. The summed E-state index contributed by atoms with van der Waals surface area (Å²) in [5.74, 6) is -3.30. The Balaban J connectivity index is 1.82. The number of amides is 3. The third kappa shape index (κ3) is 3.49. The van der Waals surface area contributed by atoms with Crippen molar-refractivity contribution in [3.63, 3.8) is 0 Å². The number of halogens is 3. The first-order chi connectivity index (χ1) is 14.8. The fraction of sp³-hybridized carbons (Fsp3) is 0.0909. The number of rotatable bonds is 4. The van der Waals surface area contributed by atoms with E-state index in [0.717, 1.165) is 18.2 Å². The molecule has 9 heteroatoms. The molecule has 1 unspecified atom stereocenters. The number of fused-ring (bicyclic) bond motifs is 1. The van der Waals surface area contributed by atoms with E-state index in [2.05, 4.69) is 10.6 Å². The average molecular weight is 444 g/mol. The topological polar surface area (TPSA) is 81.7 Å². The molecule has 3 amide bonds. The minimum absolute atomic E-state index is 0.0473. The molecule has 1 aliphatic rings. The largest absolute Gasteiger partial charge is 0.359 e. The van der Waals surface area contributed by atoms with Gasteiger partial charge in [-0.3, -0.25) is 4.79 Å². The second-order valence-electron chi connectivity index (χ2n) is 6.83. The number of carbonyl (C=O) groups is 2. The number of carbonyl (C=O) groups excluding carboxylic acids is 2. The smallest absolute Gasteiger partial charge is 0.329 e. The first kappa shape index (κ1) is 20.8. The number of hydrogen-bond donors (Lipinski definition) is 3. The maximum absolute atomic E-state index is 14.6. The predicted molar refractivity (Wildman–Crippen MR) is 111 cm³/mol. The molecule has 0 saturated carbocycles. The minimum Gasteiger partial charge on any atom is -0.359 e. The van der Waals surface area contributed by atoms with Gasteiger partial charge in [-0.15, -0.1) is 0 Å². The highest BCUT2D eigenvalue weighted by molar-refractivity contribution is 6.31. The van der Waals surface area contributed by atoms with Crippen molar-refractivity contribution < 1.29 is 23.5 Å². The average Bonchev–Trinajstić information content (AvgIpc) is 2.75. The summed E-state index contributed by atoms with van der Waals surface area (Å²) in [4.78, 5) is 26.5. The Hall–Kier alpha value is -3.49. The summed E-state index contributed by atoms with van der Waals surface area (Å²) in [6, 6.07) is 14.6. The molecule has 0 bridgehead atoms. The van der Waals surface area contributed by atoms with Gasteiger partial charge < -0.3 is 15.7 Å². The zero-order chi connectivity index (χ0) is 22.2. The lowest BCUT2D eigenvalue weighted by Crippen LogP contribution is -2.62. The maximum Gasteiger partial charge on any atom is 0.329 e. The zero-order valence-electron chi connectivity index (χ0n) is 15.9. The van der Waals surface area contributed by atoms with E-state index in [1.54, 1.807) is 30.3 Å². The van der Waals surface area contributed by atoms with Crippen LogP contribution in [0.5, 0.6) is 0 Å². The number of nitrogens with zero attached hydrogens (tertiary/aromatic N) is 1. The van der Waals surface area contributed by atoms with Crippen LogP contribution in [0.25, 0.3) is 0 Å². The summed E-state index contributed by atoms with van der Waals surface area (Å²) < 4.78 is 29.1. The lowest BCUT2D eigenvalue weighted by molar-refractivity contribution is -0.140. The van der Waals surface area contributed by atoms with Crippen LogP contribution in [-0.4, -0.2) is 17.0 Å². The number of hydrogen-bond acceptors (Lipinski definition) is 3. The summed E-state index contributed by atoms with van der Waals surface area (Å²) in [5, 5.41) is 16.9. The van der Waals surface area contributed by atoms with Gasteiger partial charge in [0, 0.05) is 17.1 Å². The highest BCUT2D eigenvalue weighted by Gasteiger charge is 2.53. The second-order valence-corrected chi connectivity index (χ2v) is 7.23. The Labute approximate surface area is 181 Å². The number of benzene rings is 3. The molecule has 3 aromatic rings. The van der Waals surface area contributed by atoms with Crippen molar-refractivity contribution in [1.29, 1.82) is 0 Å². The fourth-order valence-electron chi connectivity index (χ4n) is 3.46.